The number of nitrogens with one attached hydrogen (secondary N) is 2. The van der Waals surface area contributed by atoms with Crippen molar-refractivity contribution in [2.24, 2.45) is 5.73 Å². The topological polar surface area (TPSA) is 106 Å². The normalized spacial score (nSPS) is 14.4. The van der Waals surface area contributed by atoms with Gasteiger partial charge in [0.15, 0.2) is 5.16 Å². The van der Waals surface area contributed by atoms with Gasteiger partial charge in [-0.25, -0.2) is 9.89 Å². The molecule has 0 radical (unpaired) electrons. The zero-order valence-electron chi connectivity index (χ0n) is 10.8. The number of likely N-dealkylation sites (N-methyl/N-ethyl adjacent to an activating group) is 1. The van der Waals surface area contributed by atoms with Gasteiger partial charge in [0.05, 0.1) is 0 Å². The quantitative estimate of drug-likeness (QED) is 0.583. The summed E-state index contributed by atoms with van der Waals surface area (Å²) in [5.74, 6) is -0.00159. The first-order valence-corrected chi connectivity index (χ1v) is 6.76. The molecule has 1 atom stereocenters. The Balaban J connectivity index is 2.79. The maximum atomic E-state index is 11.4. The highest BCUT2D eigenvalue weighted by atomic mass is 32.2. The number of hydrogen-bond acceptors (Lipinski definition) is 5. The van der Waals surface area contributed by atoms with Gasteiger partial charge in [-0.15, -0.1) is 5.10 Å². The molecule has 0 aromatic carbocycles. The molecule has 0 saturated heterocycles. The average Bonchev–Trinajstić information content (AvgIpc) is 2.67. The van der Waals surface area contributed by atoms with Gasteiger partial charge in [-0.05, 0) is 20.4 Å². The monoisotopic (exact) mass is 273 g/mol. The van der Waals surface area contributed by atoms with E-state index in [4.69, 9.17) is 5.73 Å². The zero-order valence-corrected chi connectivity index (χ0v) is 11.6. The molecule has 7 nitrogen and oxygen atoms in total. The fourth-order valence-corrected chi connectivity index (χ4v) is 2.64. The second-order valence-corrected chi connectivity index (χ2v) is 5.01. The highest BCUT2D eigenvalue weighted by molar-refractivity contribution is 7.99. The lowest BCUT2D eigenvalue weighted by atomic mass is 10.1. The van der Waals surface area contributed by atoms with E-state index in [9.17, 15) is 9.59 Å². The van der Waals surface area contributed by atoms with Crippen molar-refractivity contribution in [1.29, 1.82) is 0 Å². The van der Waals surface area contributed by atoms with Crippen LogP contribution in [0.5, 0.6) is 0 Å². The van der Waals surface area contributed by atoms with E-state index in [0.717, 1.165) is 0 Å². The predicted molar refractivity (Wildman–Crippen MR) is 70.5 cm³/mol. The number of nitrogens with zero attached hydrogens (tertiary/aromatic N) is 2. The number of aromatic amines is 1. The molecule has 1 heterocycles. The van der Waals surface area contributed by atoms with Crippen molar-refractivity contribution >= 4 is 17.7 Å². The molecule has 0 spiro atoms. The maximum Gasteiger partial charge on any atom is 0.343 e. The van der Waals surface area contributed by atoms with Gasteiger partial charge < -0.3 is 11.1 Å². The first-order chi connectivity index (χ1) is 8.44. The molecule has 1 aromatic rings. The van der Waals surface area contributed by atoms with E-state index >= 15 is 0 Å². The van der Waals surface area contributed by atoms with Crippen LogP contribution in [0.25, 0.3) is 0 Å². The van der Waals surface area contributed by atoms with Crippen molar-refractivity contribution in [2.75, 3.05) is 12.3 Å². The molecule has 0 aliphatic rings. The van der Waals surface area contributed by atoms with Crippen molar-refractivity contribution in [3.8, 4) is 0 Å². The van der Waals surface area contributed by atoms with Crippen LogP contribution in [0.1, 0.15) is 20.8 Å². The Morgan fingerprint density at radius 1 is 1.61 bits per heavy atom. The first kappa shape index (κ1) is 14.8. The number of H-pyrrole nitrogens is 1. The van der Waals surface area contributed by atoms with E-state index in [2.05, 4.69) is 15.5 Å². The number of hydrogen-bond donors (Lipinski definition) is 3. The molecular formula is C10H19N5O2S. The van der Waals surface area contributed by atoms with Crippen LogP contribution in [-0.2, 0) is 11.3 Å². The number of thioether (sulfide) groups is 1. The minimum Gasteiger partial charge on any atom is -0.368 e. The number of rotatable bonds is 7. The van der Waals surface area contributed by atoms with Gasteiger partial charge in [0.1, 0.15) is 5.54 Å². The molecular weight excluding hydrogens is 254 g/mol. The molecule has 0 fully saturated rings. The van der Waals surface area contributed by atoms with E-state index in [1.165, 1.54) is 16.3 Å². The molecule has 4 N–H and O–H groups in total. The van der Waals surface area contributed by atoms with Gasteiger partial charge in [-0.2, -0.15) is 0 Å². The van der Waals surface area contributed by atoms with Gasteiger partial charge in [0.2, 0.25) is 5.91 Å². The molecule has 0 saturated carbocycles. The summed E-state index contributed by atoms with van der Waals surface area (Å²) in [5, 5.41) is 9.92. The molecule has 1 amide bonds. The Morgan fingerprint density at radius 3 is 2.78 bits per heavy atom. The SMILES string of the molecule is CCNC(C)(CSc1n[nH]c(=O)n1CC)C(N)=O. The standard InChI is InChI=1S/C10H19N5O2S/c1-4-12-10(3,7(11)16)6-18-9-14-13-8(17)15(9)5-2/h12H,4-6H2,1-3H3,(H2,11,16)(H,13,17). The van der Waals surface area contributed by atoms with Gasteiger partial charge in [-0.3, -0.25) is 9.36 Å². The van der Waals surface area contributed by atoms with Crippen molar-refractivity contribution in [1.82, 2.24) is 20.1 Å². The molecule has 1 aromatic heterocycles. The molecule has 1 unspecified atom stereocenters. The molecule has 1 rings (SSSR count). The number of primary amides is 1. The second kappa shape index (κ2) is 6.05. The number of carbonyl (C=O) groups is 1. The number of aromatic nitrogens is 3. The van der Waals surface area contributed by atoms with Gasteiger partial charge in [-0.1, -0.05) is 18.7 Å². The van der Waals surface area contributed by atoms with Crippen molar-refractivity contribution in [3.63, 3.8) is 0 Å². The molecule has 8 heteroatoms. The second-order valence-electron chi connectivity index (χ2n) is 4.07. The minimum absolute atomic E-state index is 0.246. The third-order valence-electron chi connectivity index (χ3n) is 2.64. The van der Waals surface area contributed by atoms with E-state index in [-0.39, 0.29) is 5.69 Å². The first-order valence-electron chi connectivity index (χ1n) is 5.77. The highest BCUT2D eigenvalue weighted by Gasteiger charge is 2.30. The Labute approximate surface area is 110 Å². The Hall–Kier alpha value is -1.28. The Bertz CT molecular complexity index is 469. The largest absolute Gasteiger partial charge is 0.368 e. The number of amides is 1. The molecule has 0 aliphatic heterocycles. The summed E-state index contributed by atoms with van der Waals surface area (Å²) in [6, 6.07) is 0. The van der Waals surface area contributed by atoms with E-state index in [1.807, 2.05) is 13.8 Å². The third-order valence-corrected chi connectivity index (χ3v) is 3.93. The van der Waals surface area contributed by atoms with E-state index in [0.29, 0.717) is 24.0 Å². The third kappa shape index (κ3) is 3.14. The van der Waals surface area contributed by atoms with Crippen LogP contribution in [0.15, 0.2) is 9.95 Å². The van der Waals surface area contributed by atoms with Gasteiger partial charge in [0.25, 0.3) is 0 Å². The van der Waals surface area contributed by atoms with Gasteiger partial charge in [0, 0.05) is 12.3 Å². The predicted octanol–water partition coefficient (Wildman–Crippen LogP) is -0.463. The van der Waals surface area contributed by atoms with Crippen LogP contribution in [0.3, 0.4) is 0 Å². The van der Waals surface area contributed by atoms with E-state index in [1.54, 1.807) is 6.92 Å². The molecule has 0 aliphatic carbocycles. The van der Waals surface area contributed by atoms with Crippen LogP contribution < -0.4 is 16.7 Å². The van der Waals surface area contributed by atoms with Gasteiger partial charge >= 0.3 is 5.69 Å². The summed E-state index contributed by atoms with van der Waals surface area (Å²) in [6.07, 6.45) is 0. The summed E-state index contributed by atoms with van der Waals surface area (Å²) < 4.78 is 1.51. The van der Waals surface area contributed by atoms with Crippen LogP contribution in [0, 0.1) is 0 Å². The van der Waals surface area contributed by atoms with E-state index < -0.39 is 11.4 Å². The fourth-order valence-electron chi connectivity index (χ4n) is 1.50. The number of nitrogens with two attached hydrogens (primary N) is 1. The molecule has 0 bridgehead atoms. The average molecular weight is 273 g/mol. The summed E-state index contributed by atoms with van der Waals surface area (Å²) in [7, 11) is 0. The summed E-state index contributed by atoms with van der Waals surface area (Å²) in [4.78, 5) is 22.8. The highest BCUT2D eigenvalue weighted by Crippen LogP contribution is 2.19. The van der Waals surface area contributed by atoms with Crippen LogP contribution >= 0.6 is 11.8 Å². The minimum atomic E-state index is -0.813. The van der Waals surface area contributed by atoms with Crippen molar-refractivity contribution in [3.05, 3.63) is 10.5 Å². The van der Waals surface area contributed by atoms with Crippen LogP contribution in [0.4, 0.5) is 0 Å². The zero-order chi connectivity index (χ0) is 13.8. The fraction of sp³-hybridized carbons (Fsp3) is 0.700. The van der Waals surface area contributed by atoms with Crippen molar-refractivity contribution in [2.45, 2.75) is 38.0 Å². The Morgan fingerprint density at radius 2 is 2.28 bits per heavy atom. The summed E-state index contributed by atoms with van der Waals surface area (Å²) in [6.45, 7) is 6.68. The lowest BCUT2D eigenvalue weighted by molar-refractivity contribution is -0.122. The lowest BCUT2D eigenvalue weighted by Crippen LogP contribution is -2.55. The molecule has 102 valence electrons. The van der Waals surface area contributed by atoms with Crippen LogP contribution in [-0.4, -0.2) is 38.5 Å². The molecule has 18 heavy (non-hydrogen) atoms. The van der Waals surface area contributed by atoms with Crippen molar-refractivity contribution < 1.29 is 4.79 Å². The summed E-state index contributed by atoms with van der Waals surface area (Å²) >= 11 is 1.32. The summed E-state index contributed by atoms with van der Waals surface area (Å²) in [5.41, 5.74) is 4.33. The lowest BCUT2D eigenvalue weighted by Gasteiger charge is -2.26. The smallest absolute Gasteiger partial charge is 0.343 e. The Kier molecular flexibility index (Phi) is 4.97. The number of carbonyl (C=O) groups excluding carboxylic acids is 1. The van der Waals surface area contributed by atoms with Crippen LogP contribution in [0.2, 0.25) is 0 Å². The maximum absolute atomic E-state index is 11.4.